The first-order chi connectivity index (χ1) is 15.1. The van der Waals surface area contributed by atoms with Crippen LogP contribution in [0.3, 0.4) is 0 Å². The van der Waals surface area contributed by atoms with Gasteiger partial charge in [-0.05, 0) is 30.5 Å². The van der Waals surface area contributed by atoms with Gasteiger partial charge in [0, 0.05) is 27.2 Å². The van der Waals surface area contributed by atoms with E-state index >= 15 is 0 Å². The van der Waals surface area contributed by atoms with Crippen molar-refractivity contribution in [2.75, 3.05) is 19.4 Å². The van der Waals surface area contributed by atoms with Gasteiger partial charge in [0.2, 0.25) is 10.0 Å². The van der Waals surface area contributed by atoms with Gasteiger partial charge in [-0.3, -0.25) is 13.9 Å². The summed E-state index contributed by atoms with van der Waals surface area (Å²) in [5.41, 5.74) is 0.966. The van der Waals surface area contributed by atoms with E-state index in [1.54, 1.807) is 42.9 Å². The largest absolute Gasteiger partial charge is 0.462 e. The number of esters is 1. The van der Waals surface area contributed by atoms with Crippen LogP contribution in [0.2, 0.25) is 0 Å². The molecular weight excluding hydrogens is 438 g/mol. The van der Waals surface area contributed by atoms with E-state index in [-0.39, 0.29) is 19.7 Å². The fraction of sp³-hybridized carbons (Fsp3) is 0.400. The number of sulfonamides is 1. The summed E-state index contributed by atoms with van der Waals surface area (Å²) >= 11 is 0. The zero-order valence-corrected chi connectivity index (χ0v) is 18.9. The summed E-state index contributed by atoms with van der Waals surface area (Å²) in [6, 6.07) is 6.67. The number of hydrogen-bond acceptors (Lipinski definition) is 7. The van der Waals surface area contributed by atoms with Crippen LogP contribution >= 0.6 is 0 Å². The standard InChI is InChI=1S/C20H25N5O6S/c1-23-13-21-17-16(23)18(26)25(20(28)24(17)2)11-4-12-31-19(27)15-7-5-14(6-8-15)9-10-22-32(3,29)30/h5-8,13,22H,4,9-12H2,1-3H3. The summed E-state index contributed by atoms with van der Waals surface area (Å²) < 4.78 is 33.8. The second-order valence-corrected chi connectivity index (χ2v) is 9.26. The number of ether oxygens (including phenoxy) is 1. The van der Waals surface area contributed by atoms with Crippen molar-refractivity contribution in [1.29, 1.82) is 0 Å². The molecule has 0 aliphatic carbocycles. The highest BCUT2D eigenvalue weighted by Gasteiger charge is 2.15. The van der Waals surface area contributed by atoms with Crippen molar-refractivity contribution in [1.82, 2.24) is 23.4 Å². The SMILES string of the molecule is Cn1cnc2c1c(=O)n(CCCOC(=O)c1ccc(CCNS(C)(=O)=O)cc1)c(=O)n2C. The number of aryl methyl sites for hydroxylation is 2. The summed E-state index contributed by atoms with van der Waals surface area (Å²) in [4.78, 5) is 41.4. The van der Waals surface area contributed by atoms with Gasteiger partial charge < -0.3 is 9.30 Å². The Balaban J connectivity index is 1.55. The van der Waals surface area contributed by atoms with Gasteiger partial charge in [-0.1, -0.05) is 12.1 Å². The summed E-state index contributed by atoms with van der Waals surface area (Å²) in [5, 5.41) is 0. The van der Waals surface area contributed by atoms with Crippen molar-refractivity contribution >= 4 is 27.2 Å². The molecule has 0 aliphatic heterocycles. The fourth-order valence-electron chi connectivity index (χ4n) is 3.25. The minimum absolute atomic E-state index is 0.0396. The molecule has 3 rings (SSSR count). The summed E-state index contributed by atoms with van der Waals surface area (Å²) in [6.45, 7) is 0.413. The molecule has 2 aromatic heterocycles. The second kappa shape index (κ2) is 9.49. The predicted molar refractivity (Wildman–Crippen MR) is 118 cm³/mol. The Morgan fingerprint density at radius 1 is 1.16 bits per heavy atom. The molecule has 0 radical (unpaired) electrons. The average molecular weight is 464 g/mol. The number of carbonyl (C=O) groups excluding carboxylic acids is 1. The molecular formula is C20H25N5O6S. The van der Waals surface area contributed by atoms with Crippen molar-refractivity contribution in [3.05, 3.63) is 62.6 Å². The first kappa shape index (κ1) is 23.4. The molecule has 12 heteroatoms. The molecule has 32 heavy (non-hydrogen) atoms. The minimum Gasteiger partial charge on any atom is -0.462 e. The summed E-state index contributed by atoms with van der Waals surface area (Å²) in [5.74, 6) is -0.520. The Morgan fingerprint density at radius 3 is 2.50 bits per heavy atom. The van der Waals surface area contributed by atoms with Gasteiger partial charge in [0.05, 0.1) is 24.8 Å². The Bertz CT molecular complexity index is 1350. The van der Waals surface area contributed by atoms with Crippen LogP contribution in [0.4, 0.5) is 0 Å². The first-order valence-corrected chi connectivity index (χ1v) is 11.8. The zero-order chi connectivity index (χ0) is 23.5. The number of aromatic nitrogens is 4. The highest BCUT2D eigenvalue weighted by Crippen LogP contribution is 2.07. The van der Waals surface area contributed by atoms with E-state index in [9.17, 15) is 22.8 Å². The number of imidazole rings is 1. The van der Waals surface area contributed by atoms with Gasteiger partial charge in [0.1, 0.15) is 0 Å². The lowest BCUT2D eigenvalue weighted by atomic mass is 10.1. The molecule has 0 amide bonds. The van der Waals surface area contributed by atoms with E-state index in [1.165, 1.54) is 10.9 Å². The van der Waals surface area contributed by atoms with E-state index in [1.807, 2.05) is 0 Å². The first-order valence-electron chi connectivity index (χ1n) is 9.90. The van der Waals surface area contributed by atoms with Crippen LogP contribution in [0.25, 0.3) is 11.2 Å². The highest BCUT2D eigenvalue weighted by molar-refractivity contribution is 7.88. The molecule has 1 N–H and O–H groups in total. The molecule has 0 atom stereocenters. The third-order valence-corrected chi connectivity index (χ3v) is 5.66. The smallest absolute Gasteiger partial charge is 0.338 e. The molecule has 2 heterocycles. The van der Waals surface area contributed by atoms with Crippen LogP contribution in [-0.2, 0) is 41.8 Å². The lowest BCUT2D eigenvalue weighted by molar-refractivity contribution is 0.0495. The summed E-state index contributed by atoms with van der Waals surface area (Å²) in [6.07, 6.45) is 3.36. The number of fused-ring (bicyclic) bond motifs is 1. The third-order valence-electron chi connectivity index (χ3n) is 4.93. The monoisotopic (exact) mass is 463 g/mol. The van der Waals surface area contributed by atoms with Gasteiger partial charge in [0.25, 0.3) is 5.56 Å². The molecule has 0 bridgehead atoms. The molecule has 0 unspecified atom stereocenters. The second-order valence-electron chi connectivity index (χ2n) is 7.43. The quantitative estimate of drug-likeness (QED) is 0.342. The number of benzene rings is 1. The van der Waals surface area contributed by atoms with Gasteiger partial charge in [-0.2, -0.15) is 0 Å². The number of nitrogens with zero attached hydrogens (tertiary/aromatic N) is 4. The van der Waals surface area contributed by atoms with Crippen molar-refractivity contribution < 1.29 is 17.9 Å². The zero-order valence-electron chi connectivity index (χ0n) is 18.1. The molecule has 0 saturated carbocycles. The average Bonchev–Trinajstić information content (AvgIpc) is 3.13. The maximum absolute atomic E-state index is 12.6. The normalized spacial score (nSPS) is 11.7. The molecule has 1 aromatic carbocycles. The molecule has 0 spiro atoms. The van der Waals surface area contributed by atoms with Crippen molar-refractivity contribution in [2.45, 2.75) is 19.4 Å². The summed E-state index contributed by atoms with van der Waals surface area (Å²) in [7, 11) is -0.00591. The van der Waals surface area contributed by atoms with Gasteiger partial charge >= 0.3 is 11.7 Å². The van der Waals surface area contributed by atoms with Crippen molar-refractivity contribution in [2.24, 2.45) is 14.1 Å². The number of hydrogen-bond donors (Lipinski definition) is 1. The lowest BCUT2D eigenvalue weighted by Crippen LogP contribution is -2.39. The van der Waals surface area contributed by atoms with E-state index < -0.39 is 27.2 Å². The minimum atomic E-state index is -3.24. The predicted octanol–water partition coefficient (Wildman–Crippen LogP) is -0.227. The number of carbonyl (C=O) groups is 1. The number of rotatable bonds is 9. The van der Waals surface area contributed by atoms with Gasteiger partial charge in [0.15, 0.2) is 11.2 Å². The lowest BCUT2D eigenvalue weighted by Gasteiger charge is -2.09. The third kappa shape index (κ3) is 5.32. The molecule has 172 valence electrons. The highest BCUT2D eigenvalue weighted by atomic mass is 32.2. The number of nitrogens with one attached hydrogen (secondary N) is 1. The van der Waals surface area contributed by atoms with Crippen LogP contribution in [0.5, 0.6) is 0 Å². The molecule has 11 nitrogen and oxygen atoms in total. The van der Waals surface area contributed by atoms with Crippen LogP contribution in [0, 0.1) is 0 Å². The molecule has 3 aromatic rings. The Labute approximate surface area is 184 Å². The molecule has 0 fully saturated rings. The van der Waals surface area contributed by atoms with Crippen LogP contribution in [0.1, 0.15) is 22.3 Å². The molecule has 0 aliphatic rings. The van der Waals surface area contributed by atoms with Crippen LogP contribution in [0.15, 0.2) is 40.2 Å². The van der Waals surface area contributed by atoms with E-state index in [0.717, 1.165) is 16.4 Å². The van der Waals surface area contributed by atoms with Crippen LogP contribution < -0.4 is 16.0 Å². The Hall–Kier alpha value is -3.25. The van der Waals surface area contributed by atoms with Crippen molar-refractivity contribution in [3.63, 3.8) is 0 Å². The van der Waals surface area contributed by atoms with Gasteiger partial charge in [-0.15, -0.1) is 0 Å². The molecule has 0 saturated heterocycles. The topological polar surface area (TPSA) is 134 Å². The maximum atomic E-state index is 12.6. The van der Waals surface area contributed by atoms with Crippen LogP contribution in [-0.4, -0.2) is 52.5 Å². The van der Waals surface area contributed by atoms with Crippen molar-refractivity contribution in [3.8, 4) is 0 Å². The Morgan fingerprint density at radius 2 is 1.84 bits per heavy atom. The maximum Gasteiger partial charge on any atom is 0.338 e. The van der Waals surface area contributed by atoms with E-state index in [0.29, 0.717) is 29.6 Å². The van der Waals surface area contributed by atoms with E-state index in [4.69, 9.17) is 4.74 Å². The Kier molecular flexibility index (Phi) is 6.94. The van der Waals surface area contributed by atoms with E-state index in [2.05, 4.69) is 9.71 Å². The van der Waals surface area contributed by atoms with Gasteiger partial charge in [-0.25, -0.2) is 27.7 Å². The fourth-order valence-corrected chi connectivity index (χ4v) is 3.73.